The Morgan fingerprint density at radius 2 is 1.96 bits per heavy atom. The molecule has 0 saturated carbocycles. The van der Waals surface area contributed by atoms with Gasteiger partial charge in [-0.3, -0.25) is 4.79 Å². The molecule has 0 fully saturated rings. The largest absolute Gasteiger partial charge is 0.421 e. The molecular formula is C15H9BrF3N3O2. The Morgan fingerprint density at radius 1 is 1.17 bits per heavy atom. The van der Waals surface area contributed by atoms with Crippen LogP contribution in [0.25, 0.3) is 11.5 Å². The van der Waals surface area contributed by atoms with E-state index in [0.717, 1.165) is 21.2 Å². The molecule has 0 spiro atoms. The van der Waals surface area contributed by atoms with Crippen LogP contribution >= 0.6 is 15.9 Å². The minimum absolute atomic E-state index is 0.0337. The summed E-state index contributed by atoms with van der Waals surface area (Å²) in [6, 6.07) is 8.99. The average molecular weight is 400 g/mol. The van der Waals surface area contributed by atoms with Gasteiger partial charge in [0.15, 0.2) is 0 Å². The molecule has 1 aromatic carbocycles. The summed E-state index contributed by atoms with van der Waals surface area (Å²) in [4.78, 5) is 11.9. The smallest absolute Gasteiger partial charge is 0.419 e. The van der Waals surface area contributed by atoms with E-state index in [2.05, 4.69) is 26.1 Å². The summed E-state index contributed by atoms with van der Waals surface area (Å²) in [5, 5.41) is 7.63. The molecular weight excluding hydrogens is 391 g/mol. The quantitative estimate of drug-likeness (QED) is 0.673. The predicted molar refractivity (Wildman–Crippen MR) is 82.2 cm³/mol. The SMILES string of the molecule is O=c1c(C(F)(F)F)cccn1Cc1nnc(-c2cccc(Br)c2)o1. The van der Waals surface area contributed by atoms with Crippen molar-refractivity contribution in [3.05, 3.63) is 68.9 Å². The fourth-order valence-electron chi connectivity index (χ4n) is 2.08. The highest BCUT2D eigenvalue weighted by Gasteiger charge is 2.34. The van der Waals surface area contributed by atoms with Crippen LogP contribution in [0, 0.1) is 0 Å². The molecule has 2 heterocycles. The zero-order valence-corrected chi connectivity index (χ0v) is 13.5. The van der Waals surface area contributed by atoms with Crippen molar-refractivity contribution in [3.8, 4) is 11.5 Å². The van der Waals surface area contributed by atoms with Crippen molar-refractivity contribution < 1.29 is 17.6 Å². The number of pyridine rings is 1. The summed E-state index contributed by atoms with van der Waals surface area (Å²) in [5.41, 5.74) is -1.75. The van der Waals surface area contributed by atoms with Crippen LogP contribution in [0.5, 0.6) is 0 Å². The normalized spacial score (nSPS) is 11.7. The number of nitrogens with zero attached hydrogens (tertiary/aromatic N) is 3. The first-order chi connectivity index (χ1) is 11.3. The van der Waals surface area contributed by atoms with Crippen LogP contribution in [-0.2, 0) is 12.7 Å². The second kappa shape index (κ2) is 6.23. The number of hydrogen-bond donors (Lipinski definition) is 0. The highest BCUT2D eigenvalue weighted by Crippen LogP contribution is 2.26. The number of hydrogen-bond acceptors (Lipinski definition) is 4. The lowest BCUT2D eigenvalue weighted by Gasteiger charge is -2.08. The van der Waals surface area contributed by atoms with Crippen LogP contribution in [0.2, 0.25) is 0 Å². The van der Waals surface area contributed by atoms with Crippen molar-refractivity contribution in [3.63, 3.8) is 0 Å². The minimum Gasteiger partial charge on any atom is -0.419 e. The molecule has 0 atom stereocenters. The van der Waals surface area contributed by atoms with Crippen molar-refractivity contribution >= 4 is 15.9 Å². The van der Waals surface area contributed by atoms with E-state index in [1.165, 1.54) is 6.20 Å². The Bertz CT molecular complexity index is 934. The predicted octanol–water partition coefficient (Wildman–Crippen LogP) is 3.73. The molecule has 0 aliphatic heterocycles. The summed E-state index contributed by atoms with van der Waals surface area (Å²) in [6.07, 6.45) is -3.48. The van der Waals surface area contributed by atoms with Gasteiger partial charge in [-0.25, -0.2) is 0 Å². The van der Waals surface area contributed by atoms with Gasteiger partial charge in [-0.05, 0) is 30.3 Å². The first-order valence-electron chi connectivity index (χ1n) is 6.69. The number of aromatic nitrogens is 3. The lowest BCUT2D eigenvalue weighted by Crippen LogP contribution is -2.28. The first kappa shape index (κ1) is 16.4. The van der Waals surface area contributed by atoms with Crippen LogP contribution in [0.1, 0.15) is 11.5 Å². The second-order valence-corrected chi connectivity index (χ2v) is 5.78. The molecule has 0 amide bonds. The fourth-order valence-corrected chi connectivity index (χ4v) is 2.48. The molecule has 0 radical (unpaired) electrons. The lowest BCUT2D eigenvalue weighted by atomic mass is 10.2. The highest BCUT2D eigenvalue weighted by atomic mass is 79.9. The summed E-state index contributed by atoms with van der Waals surface area (Å²) in [6.45, 7) is -0.246. The Morgan fingerprint density at radius 3 is 2.67 bits per heavy atom. The van der Waals surface area contributed by atoms with E-state index in [1.807, 2.05) is 6.07 Å². The van der Waals surface area contributed by atoms with Crippen LogP contribution in [0.3, 0.4) is 0 Å². The Kier molecular flexibility index (Phi) is 4.27. The van der Waals surface area contributed by atoms with Gasteiger partial charge < -0.3 is 8.98 Å². The van der Waals surface area contributed by atoms with Crippen molar-refractivity contribution in [2.45, 2.75) is 12.7 Å². The van der Waals surface area contributed by atoms with Gasteiger partial charge >= 0.3 is 6.18 Å². The molecule has 0 bridgehead atoms. The summed E-state index contributed by atoms with van der Waals surface area (Å²) < 4.78 is 45.4. The van der Waals surface area contributed by atoms with Crippen LogP contribution in [-0.4, -0.2) is 14.8 Å². The molecule has 9 heteroatoms. The van der Waals surface area contributed by atoms with Crippen molar-refractivity contribution in [2.75, 3.05) is 0 Å². The maximum Gasteiger partial charge on any atom is 0.421 e. The summed E-state index contributed by atoms with van der Waals surface area (Å²) in [5.74, 6) is 0.248. The molecule has 124 valence electrons. The third-order valence-corrected chi connectivity index (χ3v) is 3.66. The Labute approximate surface area is 141 Å². The van der Waals surface area contributed by atoms with Gasteiger partial charge in [0.25, 0.3) is 5.56 Å². The molecule has 24 heavy (non-hydrogen) atoms. The molecule has 3 aromatic rings. The van der Waals surface area contributed by atoms with Gasteiger partial charge in [-0.15, -0.1) is 10.2 Å². The van der Waals surface area contributed by atoms with Gasteiger partial charge in [-0.1, -0.05) is 22.0 Å². The van der Waals surface area contributed by atoms with E-state index >= 15 is 0 Å². The maximum atomic E-state index is 12.8. The van der Waals surface area contributed by atoms with E-state index in [9.17, 15) is 18.0 Å². The van der Waals surface area contributed by atoms with E-state index in [0.29, 0.717) is 5.56 Å². The van der Waals surface area contributed by atoms with Crippen molar-refractivity contribution in [2.24, 2.45) is 0 Å². The van der Waals surface area contributed by atoms with E-state index in [4.69, 9.17) is 4.42 Å². The van der Waals surface area contributed by atoms with Crippen molar-refractivity contribution in [1.82, 2.24) is 14.8 Å². The molecule has 0 aliphatic carbocycles. The standard InChI is InChI=1S/C15H9BrF3N3O2/c16-10-4-1-3-9(7-10)13-21-20-12(24-13)8-22-6-2-5-11(14(22)23)15(17,18)19/h1-7H,8H2. The van der Waals surface area contributed by atoms with Crippen LogP contribution < -0.4 is 5.56 Å². The van der Waals surface area contributed by atoms with Crippen LogP contribution in [0.15, 0.2) is 56.3 Å². The number of alkyl halides is 3. The number of rotatable bonds is 3. The van der Waals surface area contributed by atoms with Gasteiger partial charge in [-0.2, -0.15) is 13.2 Å². The van der Waals surface area contributed by atoms with E-state index < -0.39 is 17.3 Å². The van der Waals surface area contributed by atoms with Gasteiger partial charge in [0.05, 0.1) is 0 Å². The monoisotopic (exact) mass is 399 g/mol. The van der Waals surface area contributed by atoms with Gasteiger partial charge in [0.2, 0.25) is 11.8 Å². The minimum atomic E-state index is -4.71. The molecule has 5 nitrogen and oxygen atoms in total. The zero-order chi connectivity index (χ0) is 17.3. The average Bonchev–Trinajstić information content (AvgIpc) is 2.97. The topological polar surface area (TPSA) is 60.9 Å². The van der Waals surface area contributed by atoms with Gasteiger partial charge in [0.1, 0.15) is 12.1 Å². The van der Waals surface area contributed by atoms with Gasteiger partial charge in [0, 0.05) is 16.2 Å². The van der Waals surface area contributed by atoms with Crippen LogP contribution in [0.4, 0.5) is 13.2 Å². The lowest BCUT2D eigenvalue weighted by molar-refractivity contribution is -0.138. The third kappa shape index (κ3) is 3.40. The molecule has 2 aromatic heterocycles. The molecule has 3 rings (SSSR count). The van der Waals surface area contributed by atoms with E-state index in [-0.39, 0.29) is 18.3 Å². The summed E-state index contributed by atoms with van der Waals surface area (Å²) in [7, 11) is 0. The highest BCUT2D eigenvalue weighted by molar-refractivity contribution is 9.10. The molecule has 0 aliphatic rings. The molecule has 0 N–H and O–H groups in total. The summed E-state index contributed by atoms with van der Waals surface area (Å²) >= 11 is 3.31. The second-order valence-electron chi connectivity index (χ2n) is 4.86. The molecule has 0 unspecified atom stereocenters. The fraction of sp³-hybridized carbons (Fsp3) is 0.133. The van der Waals surface area contributed by atoms with Crippen molar-refractivity contribution in [1.29, 1.82) is 0 Å². The zero-order valence-electron chi connectivity index (χ0n) is 11.9. The third-order valence-electron chi connectivity index (χ3n) is 3.17. The number of halogens is 4. The Hall–Kier alpha value is -2.42. The van der Waals surface area contributed by atoms with E-state index in [1.54, 1.807) is 18.2 Å². The number of benzene rings is 1. The maximum absolute atomic E-state index is 12.8. The first-order valence-corrected chi connectivity index (χ1v) is 7.49. The molecule has 0 saturated heterocycles. The Balaban J connectivity index is 1.90.